The number of phenols is 1. The molecule has 116 heavy (non-hydrogen) atoms. The number of nitrogens with one attached hydrogen (secondary N) is 16. The summed E-state index contributed by atoms with van der Waals surface area (Å²) >= 11 is 4.15. The maximum absolute atomic E-state index is 14.2. The van der Waals surface area contributed by atoms with Gasteiger partial charge in [-0.25, -0.2) is 4.79 Å². The molecule has 40 nitrogen and oxygen atoms in total. The number of unbranched alkanes of at least 4 members (excludes halogenated alkanes) is 2. The Morgan fingerprint density at radius 1 is 0.371 bits per heavy atom. The van der Waals surface area contributed by atoms with Gasteiger partial charge in [0.25, 0.3) is 0 Å². The molecule has 0 aliphatic carbocycles. The van der Waals surface area contributed by atoms with E-state index in [1.54, 1.807) is 81.4 Å². The minimum absolute atomic E-state index is 0.0249. The van der Waals surface area contributed by atoms with Crippen LogP contribution in [0.4, 0.5) is 0 Å². The van der Waals surface area contributed by atoms with Crippen LogP contribution in [-0.2, 0) is 87.9 Å². The molecule has 1 rings (SSSR count). The molecule has 0 aromatic heterocycles. The average Bonchev–Trinajstić information content (AvgIpc) is 0.883. The molecule has 0 bridgehead atoms. The van der Waals surface area contributed by atoms with Crippen molar-refractivity contribution in [3.63, 3.8) is 0 Å². The number of aromatic hydroxyl groups is 1. The van der Waals surface area contributed by atoms with Crippen LogP contribution in [0.15, 0.2) is 24.3 Å². The van der Waals surface area contributed by atoms with Crippen LogP contribution in [-0.4, -0.2) is 257 Å². The Balaban J connectivity index is 2.99. The summed E-state index contributed by atoms with van der Waals surface area (Å²) in [6.45, 7) is 21.0. The summed E-state index contributed by atoms with van der Waals surface area (Å²) < 4.78 is 0. The molecular weight excluding hydrogens is 1540 g/mol. The number of carbonyl (C=O) groups excluding carboxylic acids is 16. The fourth-order valence-electron chi connectivity index (χ4n) is 11.3. The first kappa shape index (κ1) is 104. The number of aliphatic carboxylic acids is 1. The van der Waals surface area contributed by atoms with Crippen molar-refractivity contribution in [3.8, 4) is 5.75 Å². The Kier molecular flexibility index (Phi) is 48.0. The van der Waals surface area contributed by atoms with Crippen molar-refractivity contribution in [2.45, 2.75) is 252 Å². The molecule has 0 radical (unpaired) electrons. The van der Waals surface area contributed by atoms with Crippen LogP contribution < -0.4 is 102 Å². The van der Waals surface area contributed by atoms with Crippen LogP contribution in [0.5, 0.6) is 5.75 Å². The highest BCUT2D eigenvalue weighted by Gasteiger charge is 2.38. The van der Waals surface area contributed by atoms with E-state index in [1.165, 1.54) is 26.0 Å². The summed E-state index contributed by atoms with van der Waals surface area (Å²) in [5.74, 6) is -18.2. The standard InChI is InChI=1S/C75H129N19O21S/c1-36(2)28-50(69(108)94-61(44(15)96)75(114)115)86-63(102)43(14)83-70(109)52(34-95)88-66(105)48(20-16-18-26-76)84-55(99)32-81-71(110)57(38(5)6)90-56(100)33-79-65(104)53(35-116)89-62(101)42(13)82-54(98)31-80-72(111)58(39(7)8)92-74(113)60(41(11)12)93-73(112)59(40(9)10)91-68(107)51(29-37(3)4)87-67(106)49(21-17-19-27-77)85-64(103)47(78)30-45-22-24-46(97)25-23-45/h22-25,36-44,47-53,57-61,95-97,116H,16-21,26-35,76-78H2,1-15H3,(H,79,104)(H,80,111)(H,81,110)(H,82,98)(H,83,109)(H,84,99)(H,85,103)(H,86,102)(H,87,106)(H,88,105)(H,89,101)(H,90,100)(H,91,107)(H,92,113)(H,93,112)(H,94,108)(H,114,115). The first-order valence-electron chi connectivity index (χ1n) is 39.0. The van der Waals surface area contributed by atoms with Gasteiger partial charge in [-0.2, -0.15) is 12.6 Å². The molecule has 0 spiro atoms. The van der Waals surface area contributed by atoms with Crippen molar-refractivity contribution in [2.75, 3.05) is 45.1 Å². The average molecular weight is 1670 g/mol. The van der Waals surface area contributed by atoms with Crippen molar-refractivity contribution in [3.05, 3.63) is 29.8 Å². The monoisotopic (exact) mass is 1660 g/mol. The number of thiol groups is 1. The third kappa shape index (κ3) is 38.7. The Hall–Kier alpha value is -9.84. The number of rotatable bonds is 54. The van der Waals surface area contributed by atoms with Gasteiger partial charge in [-0.3, -0.25) is 76.7 Å². The van der Waals surface area contributed by atoms with E-state index in [9.17, 15) is 102 Å². The lowest BCUT2D eigenvalue weighted by molar-refractivity contribution is -0.145. The molecule has 0 aliphatic heterocycles. The third-order valence-electron chi connectivity index (χ3n) is 18.1. The number of amides is 16. The van der Waals surface area contributed by atoms with Crippen molar-refractivity contribution in [1.29, 1.82) is 0 Å². The van der Waals surface area contributed by atoms with Gasteiger partial charge in [-0.05, 0) is 145 Å². The summed E-state index contributed by atoms with van der Waals surface area (Å²) in [6, 6.07) is -12.6. The first-order valence-corrected chi connectivity index (χ1v) is 39.7. The van der Waals surface area contributed by atoms with E-state index in [2.05, 4.69) is 97.7 Å². The van der Waals surface area contributed by atoms with Crippen molar-refractivity contribution >= 4 is 113 Å². The van der Waals surface area contributed by atoms with Crippen LogP contribution in [0.1, 0.15) is 161 Å². The quantitative estimate of drug-likeness (QED) is 0.0213. The highest BCUT2D eigenvalue weighted by Crippen LogP contribution is 2.16. The van der Waals surface area contributed by atoms with E-state index >= 15 is 0 Å². The lowest BCUT2D eigenvalue weighted by Gasteiger charge is -2.30. The van der Waals surface area contributed by atoms with Crippen LogP contribution in [0.3, 0.4) is 0 Å². The van der Waals surface area contributed by atoms with Gasteiger partial charge < -0.3 is 123 Å². The summed E-state index contributed by atoms with van der Waals surface area (Å²) in [7, 11) is 0. The Bertz CT molecular complexity index is 3440. The second-order valence-electron chi connectivity index (χ2n) is 30.8. The van der Waals surface area contributed by atoms with Crippen LogP contribution in [0.25, 0.3) is 0 Å². The molecule has 16 amide bonds. The summed E-state index contributed by atoms with van der Waals surface area (Å²) in [6.07, 6.45) is 0.517. The normalized spacial score (nSPS) is 15.2. The fraction of sp³-hybridized carbons (Fsp3) is 0.693. The van der Waals surface area contributed by atoms with Crippen molar-refractivity contribution in [2.24, 2.45) is 52.7 Å². The van der Waals surface area contributed by atoms with E-state index in [0.29, 0.717) is 31.4 Å². The predicted octanol–water partition coefficient (Wildman–Crippen LogP) is -5.69. The van der Waals surface area contributed by atoms with Gasteiger partial charge in [0.2, 0.25) is 94.5 Å². The number of carboxylic acid groups (broad SMARTS) is 1. The number of carbonyl (C=O) groups is 17. The largest absolute Gasteiger partial charge is 0.508 e. The SMILES string of the molecule is CC(C)CC(NC(=O)C(C)NC(=O)C(CO)NC(=O)C(CCCCN)NC(=O)CNC(=O)C(NC(=O)CNC(=O)C(CS)NC(=O)C(C)NC(=O)CNC(=O)C(NC(=O)C(NC(=O)C(NC(=O)C(CC(C)C)NC(=O)C(CCCCN)NC(=O)C(N)Cc1ccc(O)cc1)C(C)C)C(C)C)C(C)C)C(C)C)C(=O)NC(C(=O)O)C(C)O. The minimum atomic E-state index is -1.70. The second-order valence-corrected chi connectivity index (χ2v) is 31.2. The number of hydrogen-bond acceptors (Lipinski definition) is 24. The molecule has 0 saturated carbocycles. The zero-order valence-corrected chi connectivity index (χ0v) is 70.1. The molecule has 0 saturated heterocycles. The van der Waals surface area contributed by atoms with Gasteiger partial charge in [-0.15, -0.1) is 0 Å². The van der Waals surface area contributed by atoms with Crippen LogP contribution in [0, 0.1) is 35.5 Å². The van der Waals surface area contributed by atoms with Crippen LogP contribution in [0.2, 0.25) is 0 Å². The molecule has 0 aliphatic rings. The van der Waals surface area contributed by atoms with Gasteiger partial charge in [0.05, 0.1) is 38.4 Å². The highest BCUT2D eigenvalue weighted by molar-refractivity contribution is 7.80. The Morgan fingerprint density at radius 2 is 0.707 bits per heavy atom. The highest BCUT2D eigenvalue weighted by atomic mass is 32.1. The summed E-state index contributed by atoms with van der Waals surface area (Å²) in [5, 5.41) is 78.7. The maximum Gasteiger partial charge on any atom is 0.328 e. The van der Waals surface area contributed by atoms with Gasteiger partial charge in [0, 0.05) is 5.75 Å². The lowest BCUT2D eigenvalue weighted by Crippen LogP contribution is -2.61. The van der Waals surface area contributed by atoms with E-state index in [0.717, 1.165) is 6.92 Å². The zero-order valence-electron chi connectivity index (χ0n) is 69.2. The van der Waals surface area contributed by atoms with Crippen molar-refractivity contribution < 1.29 is 102 Å². The van der Waals surface area contributed by atoms with E-state index < -0.39 is 241 Å². The zero-order chi connectivity index (χ0) is 88.5. The van der Waals surface area contributed by atoms with Gasteiger partial charge in [0.15, 0.2) is 6.04 Å². The summed E-state index contributed by atoms with van der Waals surface area (Å²) in [4.78, 5) is 228. The molecule has 26 N–H and O–H groups in total. The molecule has 15 atom stereocenters. The lowest BCUT2D eigenvalue weighted by atomic mass is 9.97. The molecule has 0 heterocycles. The number of phenolic OH excluding ortho intramolecular Hbond substituents is 1. The molecule has 41 heteroatoms. The number of aliphatic hydroxyl groups is 2. The number of carboxylic acids is 1. The predicted molar refractivity (Wildman–Crippen MR) is 430 cm³/mol. The topological polar surface area (TPSA) is 642 Å². The van der Waals surface area contributed by atoms with Crippen molar-refractivity contribution in [1.82, 2.24) is 85.1 Å². The van der Waals surface area contributed by atoms with E-state index in [4.69, 9.17) is 17.2 Å². The number of hydrogen-bond donors (Lipinski definition) is 24. The van der Waals surface area contributed by atoms with Crippen LogP contribution >= 0.6 is 12.6 Å². The molecule has 15 unspecified atom stereocenters. The smallest absolute Gasteiger partial charge is 0.328 e. The molecule has 0 fully saturated rings. The number of aliphatic hydroxyl groups excluding tert-OH is 2. The van der Waals surface area contributed by atoms with Gasteiger partial charge >= 0.3 is 5.97 Å². The van der Waals surface area contributed by atoms with Gasteiger partial charge in [-0.1, -0.05) is 95.2 Å². The number of benzene rings is 1. The molecule has 656 valence electrons. The molecule has 1 aromatic rings. The third-order valence-corrected chi connectivity index (χ3v) is 18.4. The molecular formula is C75H129N19O21S. The molecule has 1 aromatic carbocycles. The second kappa shape index (κ2) is 53.4. The minimum Gasteiger partial charge on any atom is -0.508 e. The maximum atomic E-state index is 14.2. The number of nitrogens with two attached hydrogens (primary N) is 3. The fourth-order valence-corrected chi connectivity index (χ4v) is 11.5. The van der Waals surface area contributed by atoms with Gasteiger partial charge in [0.1, 0.15) is 78.3 Å². The van der Waals surface area contributed by atoms with E-state index in [1.807, 2.05) is 13.8 Å². The van der Waals surface area contributed by atoms with E-state index in [-0.39, 0.29) is 68.4 Å². The Morgan fingerprint density at radius 3 is 1.11 bits per heavy atom. The first-order chi connectivity index (χ1) is 54.2. The Labute approximate surface area is 683 Å². The summed E-state index contributed by atoms with van der Waals surface area (Å²) in [5.41, 5.74) is 18.3.